The van der Waals surface area contributed by atoms with Gasteiger partial charge in [0.25, 0.3) is 5.91 Å². The van der Waals surface area contributed by atoms with E-state index in [4.69, 9.17) is 37.8 Å². The Hall–Kier alpha value is -4.82. The number of carbonyl (C=O) groups is 3. The number of amides is 2. The molecular formula is C34H30Cl2F4N4O6. The number of hydrogen-bond acceptors (Lipinski definition) is 6. The largest absolute Gasteiger partial charge is 0.492 e. The maximum Gasteiger partial charge on any atom is 0.417 e. The predicted molar refractivity (Wildman–Crippen MR) is 176 cm³/mol. The van der Waals surface area contributed by atoms with E-state index in [1.807, 2.05) is 0 Å². The number of hydrogen-bond donors (Lipinski definition) is 2. The molecule has 0 spiro atoms. The van der Waals surface area contributed by atoms with Crippen molar-refractivity contribution in [2.75, 3.05) is 31.2 Å². The fourth-order valence-corrected chi connectivity index (χ4v) is 5.85. The first-order valence-electron chi connectivity index (χ1n) is 15.4. The zero-order valence-electron chi connectivity index (χ0n) is 26.2. The van der Waals surface area contributed by atoms with E-state index in [1.54, 1.807) is 35.5 Å². The minimum absolute atomic E-state index is 0.0141. The number of halogens is 6. The molecule has 10 nitrogen and oxygen atoms in total. The minimum atomic E-state index is -4.63. The van der Waals surface area contributed by atoms with Crippen LogP contribution in [0.25, 0.3) is 11.1 Å². The fraction of sp³-hybridized carbons (Fsp3) is 0.294. The molecule has 0 radical (unpaired) electrons. The van der Waals surface area contributed by atoms with Crippen LogP contribution in [-0.2, 0) is 22.3 Å². The van der Waals surface area contributed by atoms with Crippen LogP contribution < -0.4 is 19.7 Å². The zero-order chi connectivity index (χ0) is 36.0. The van der Waals surface area contributed by atoms with Gasteiger partial charge < -0.3 is 24.8 Å². The van der Waals surface area contributed by atoms with Crippen LogP contribution in [0.3, 0.4) is 0 Å². The number of carboxylic acid groups (broad SMARTS) is 1. The van der Waals surface area contributed by atoms with Crippen LogP contribution in [0.5, 0.6) is 11.5 Å². The molecule has 0 aliphatic carbocycles. The summed E-state index contributed by atoms with van der Waals surface area (Å²) in [5, 5.41) is 14.9. The number of ether oxygens (including phenoxy) is 2. The predicted octanol–water partition coefficient (Wildman–Crippen LogP) is 7.24. The molecule has 0 saturated heterocycles. The number of benzene rings is 3. The van der Waals surface area contributed by atoms with E-state index in [2.05, 4.69) is 10.4 Å². The van der Waals surface area contributed by atoms with E-state index in [0.29, 0.717) is 42.1 Å². The summed E-state index contributed by atoms with van der Waals surface area (Å²) in [6.07, 6.45) is -0.879. The van der Waals surface area contributed by atoms with E-state index in [-0.39, 0.29) is 66.8 Å². The average molecular weight is 738 g/mol. The molecule has 16 heteroatoms. The van der Waals surface area contributed by atoms with Crippen LogP contribution >= 0.6 is 23.2 Å². The molecule has 0 bridgehead atoms. The molecule has 0 unspecified atom stereocenters. The van der Waals surface area contributed by atoms with Gasteiger partial charge in [0.1, 0.15) is 11.6 Å². The molecule has 1 aliphatic heterocycles. The van der Waals surface area contributed by atoms with Gasteiger partial charge in [0.05, 0.1) is 48.6 Å². The Balaban J connectivity index is 1.26. The van der Waals surface area contributed by atoms with E-state index >= 15 is 4.39 Å². The Morgan fingerprint density at radius 1 is 1.08 bits per heavy atom. The SMILES string of the molecule is O=C(O)CCNC(=O)c1cc(F)c(Cn2cc(-c3cccc4c3OCCCN4C(=O)CCCOc3cccc(C(F)(F)F)c3Cl)cn2)c(Cl)c1. The van der Waals surface area contributed by atoms with Crippen LogP contribution in [0.2, 0.25) is 10.0 Å². The number of carbonyl (C=O) groups excluding carboxylic acids is 2. The molecule has 0 saturated carbocycles. The smallest absolute Gasteiger partial charge is 0.417 e. The Morgan fingerprint density at radius 2 is 1.86 bits per heavy atom. The normalized spacial score (nSPS) is 12.9. The second-order valence-electron chi connectivity index (χ2n) is 11.2. The highest BCUT2D eigenvalue weighted by Crippen LogP contribution is 2.41. The third-order valence-corrected chi connectivity index (χ3v) is 8.44. The zero-order valence-corrected chi connectivity index (χ0v) is 27.7. The topological polar surface area (TPSA) is 123 Å². The number of fused-ring (bicyclic) bond motifs is 1. The Kier molecular flexibility index (Phi) is 11.5. The summed E-state index contributed by atoms with van der Waals surface area (Å²) in [4.78, 5) is 38.0. The summed E-state index contributed by atoms with van der Waals surface area (Å²) >= 11 is 12.2. The van der Waals surface area contributed by atoms with Crippen molar-refractivity contribution in [1.82, 2.24) is 15.1 Å². The Labute approximate surface area is 293 Å². The van der Waals surface area contributed by atoms with E-state index in [9.17, 15) is 27.6 Å². The second-order valence-corrected chi connectivity index (χ2v) is 12.0. The van der Waals surface area contributed by atoms with Gasteiger partial charge in [-0.3, -0.25) is 19.1 Å². The molecule has 1 aliphatic rings. The van der Waals surface area contributed by atoms with Gasteiger partial charge in [-0.05, 0) is 43.2 Å². The number of rotatable bonds is 12. The molecule has 264 valence electrons. The van der Waals surface area contributed by atoms with Crippen LogP contribution in [0.1, 0.15) is 47.2 Å². The first kappa shape index (κ1) is 36.5. The second kappa shape index (κ2) is 15.8. The van der Waals surface area contributed by atoms with Gasteiger partial charge >= 0.3 is 12.1 Å². The highest BCUT2D eigenvalue weighted by Gasteiger charge is 2.34. The highest BCUT2D eigenvalue weighted by atomic mass is 35.5. The maximum atomic E-state index is 15.1. The van der Waals surface area contributed by atoms with Crippen molar-refractivity contribution in [3.05, 3.63) is 93.5 Å². The number of aliphatic carboxylic acids is 1. The summed E-state index contributed by atoms with van der Waals surface area (Å²) in [6, 6.07) is 11.0. The molecule has 0 atom stereocenters. The molecule has 50 heavy (non-hydrogen) atoms. The van der Waals surface area contributed by atoms with Gasteiger partial charge in [-0.1, -0.05) is 41.4 Å². The molecule has 4 aromatic rings. The molecule has 0 fully saturated rings. The molecular weight excluding hydrogens is 707 g/mol. The van der Waals surface area contributed by atoms with Crippen molar-refractivity contribution in [2.45, 2.75) is 38.4 Å². The Morgan fingerprint density at radius 3 is 2.60 bits per heavy atom. The molecule has 2 amide bonds. The van der Waals surface area contributed by atoms with Gasteiger partial charge in [-0.15, -0.1) is 0 Å². The summed E-state index contributed by atoms with van der Waals surface area (Å²) in [6.45, 7) is 0.480. The lowest BCUT2D eigenvalue weighted by atomic mass is 10.1. The number of para-hydroxylation sites is 1. The van der Waals surface area contributed by atoms with Crippen LogP contribution in [0.4, 0.5) is 23.2 Å². The van der Waals surface area contributed by atoms with Crippen molar-refractivity contribution >= 4 is 46.7 Å². The molecule has 5 rings (SSSR count). The number of nitrogens with zero attached hydrogens (tertiary/aromatic N) is 3. The van der Waals surface area contributed by atoms with Gasteiger partial charge in [-0.2, -0.15) is 18.3 Å². The van der Waals surface area contributed by atoms with E-state index in [1.165, 1.54) is 22.9 Å². The quantitative estimate of drug-likeness (QED) is 0.116. The van der Waals surface area contributed by atoms with Gasteiger partial charge in [-0.25, -0.2) is 4.39 Å². The van der Waals surface area contributed by atoms with E-state index in [0.717, 1.165) is 12.1 Å². The molecule has 1 aromatic heterocycles. The molecule has 2 heterocycles. The molecule has 3 aromatic carbocycles. The van der Waals surface area contributed by atoms with Crippen molar-refractivity contribution < 1.29 is 46.5 Å². The third-order valence-electron chi connectivity index (χ3n) is 7.71. The first-order chi connectivity index (χ1) is 23.8. The summed E-state index contributed by atoms with van der Waals surface area (Å²) in [5.41, 5.74) is 0.815. The monoisotopic (exact) mass is 736 g/mol. The maximum absolute atomic E-state index is 15.1. The summed E-state index contributed by atoms with van der Waals surface area (Å²) in [7, 11) is 0. The highest BCUT2D eigenvalue weighted by molar-refractivity contribution is 6.33. The summed E-state index contributed by atoms with van der Waals surface area (Å²) in [5.74, 6) is -2.39. The van der Waals surface area contributed by atoms with Crippen LogP contribution in [-0.4, -0.2) is 59.0 Å². The number of nitrogens with one attached hydrogen (secondary N) is 1. The fourth-order valence-electron chi connectivity index (χ4n) is 5.30. The van der Waals surface area contributed by atoms with Crippen LogP contribution in [0, 0.1) is 5.82 Å². The first-order valence-corrected chi connectivity index (χ1v) is 16.1. The van der Waals surface area contributed by atoms with Crippen molar-refractivity contribution in [2.24, 2.45) is 0 Å². The third kappa shape index (κ3) is 8.66. The summed E-state index contributed by atoms with van der Waals surface area (Å²) < 4.78 is 67.6. The van der Waals surface area contributed by atoms with Crippen molar-refractivity contribution in [3.63, 3.8) is 0 Å². The van der Waals surface area contributed by atoms with Crippen molar-refractivity contribution in [3.8, 4) is 22.6 Å². The number of anilines is 1. The van der Waals surface area contributed by atoms with Gasteiger partial charge in [0.15, 0.2) is 5.75 Å². The lowest BCUT2D eigenvalue weighted by molar-refractivity contribution is -0.138. The average Bonchev–Trinajstić information content (AvgIpc) is 3.41. The van der Waals surface area contributed by atoms with E-state index < -0.39 is 34.5 Å². The lowest BCUT2D eigenvalue weighted by Gasteiger charge is -2.23. The minimum Gasteiger partial charge on any atom is -0.492 e. The van der Waals surface area contributed by atoms with Crippen LogP contribution in [0.15, 0.2) is 60.9 Å². The number of alkyl halides is 3. The molecule has 2 N–H and O–H groups in total. The van der Waals surface area contributed by atoms with Crippen molar-refractivity contribution in [1.29, 1.82) is 0 Å². The lowest BCUT2D eigenvalue weighted by Crippen LogP contribution is -2.31. The Bertz CT molecular complexity index is 1880. The van der Waals surface area contributed by atoms with Gasteiger partial charge in [0.2, 0.25) is 5.91 Å². The standard InChI is InChI=1S/C34H30Cl2F4N4O6/c35-25-15-20(33(48)41-11-10-30(46)47)16-26(37)23(25)19-43-18-21(17-42-43)22-5-1-7-27-32(22)50-14-4-12-44(27)29(45)9-3-13-49-28-8-2-6-24(31(28)36)34(38,39)40/h1-2,5-8,15-18H,3-4,9-14,19H2,(H,41,48)(H,46,47). The number of carboxylic acids is 1. The number of aromatic nitrogens is 2. The van der Waals surface area contributed by atoms with Gasteiger partial charge in [0, 0.05) is 53.0 Å².